The highest BCUT2D eigenvalue weighted by Gasteiger charge is 2.26. The third-order valence-electron chi connectivity index (χ3n) is 2.68. The van der Waals surface area contributed by atoms with Gasteiger partial charge in [0.1, 0.15) is 0 Å². The summed E-state index contributed by atoms with van der Waals surface area (Å²) < 4.78 is 0. The Morgan fingerprint density at radius 3 is 2.73 bits per heavy atom. The molecule has 1 atom stereocenters. The maximum atomic E-state index is 4.41. The lowest BCUT2D eigenvalue weighted by atomic mass is 9.81. The molecule has 2 saturated carbocycles. The topological polar surface area (TPSA) is 24.4 Å². The van der Waals surface area contributed by atoms with E-state index in [9.17, 15) is 0 Å². The fourth-order valence-corrected chi connectivity index (χ4v) is 1.45. The van der Waals surface area contributed by atoms with Crippen molar-refractivity contribution in [3.05, 3.63) is 0 Å². The molecule has 0 aromatic rings. The van der Waals surface area contributed by atoms with Gasteiger partial charge in [-0.2, -0.15) is 5.10 Å². The van der Waals surface area contributed by atoms with Gasteiger partial charge in [0.15, 0.2) is 0 Å². The van der Waals surface area contributed by atoms with Crippen molar-refractivity contribution < 1.29 is 0 Å². The van der Waals surface area contributed by atoms with Crippen molar-refractivity contribution in [2.45, 2.75) is 45.1 Å². The van der Waals surface area contributed by atoms with Crippen molar-refractivity contribution in [2.24, 2.45) is 11.0 Å². The molecule has 2 nitrogen and oxygen atoms in total. The van der Waals surface area contributed by atoms with Crippen molar-refractivity contribution in [2.75, 3.05) is 0 Å². The SMILES string of the molecule is CCC1CC/C1=N\NC1CC1. The lowest BCUT2D eigenvalue weighted by molar-refractivity contribution is 0.524. The standard InChI is InChI=1S/C9H16N2/c1-2-7-3-6-9(7)11-10-8-4-5-8/h7-8,10H,2-6H2,1H3/b11-9+. The van der Waals surface area contributed by atoms with Crippen molar-refractivity contribution in [3.63, 3.8) is 0 Å². The summed E-state index contributed by atoms with van der Waals surface area (Å²) in [5.74, 6) is 0.807. The van der Waals surface area contributed by atoms with Crippen LogP contribution in [0.4, 0.5) is 0 Å². The Morgan fingerprint density at radius 1 is 1.45 bits per heavy atom. The van der Waals surface area contributed by atoms with E-state index < -0.39 is 0 Å². The van der Waals surface area contributed by atoms with Crippen LogP contribution in [0.3, 0.4) is 0 Å². The van der Waals surface area contributed by atoms with Gasteiger partial charge in [-0.15, -0.1) is 0 Å². The van der Waals surface area contributed by atoms with Gasteiger partial charge in [-0.3, -0.25) is 0 Å². The van der Waals surface area contributed by atoms with Crippen LogP contribution in [0.2, 0.25) is 0 Å². The van der Waals surface area contributed by atoms with E-state index in [4.69, 9.17) is 0 Å². The van der Waals surface area contributed by atoms with E-state index in [1.807, 2.05) is 0 Å². The molecular formula is C9H16N2. The zero-order chi connectivity index (χ0) is 7.68. The monoisotopic (exact) mass is 152 g/mol. The fraction of sp³-hybridized carbons (Fsp3) is 0.889. The van der Waals surface area contributed by atoms with Gasteiger partial charge >= 0.3 is 0 Å². The van der Waals surface area contributed by atoms with Gasteiger partial charge in [0.2, 0.25) is 0 Å². The van der Waals surface area contributed by atoms with Crippen LogP contribution in [0.15, 0.2) is 5.10 Å². The number of hydrogen-bond donors (Lipinski definition) is 1. The molecule has 2 heteroatoms. The molecule has 0 aromatic heterocycles. The highest BCUT2D eigenvalue weighted by atomic mass is 15.3. The molecule has 0 saturated heterocycles. The molecule has 2 aliphatic carbocycles. The highest BCUT2D eigenvalue weighted by Crippen LogP contribution is 2.27. The minimum absolute atomic E-state index is 0.723. The Bertz CT molecular complexity index is 168. The van der Waals surface area contributed by atoms with Crippen LogP contribution in [-0.4, -0.2) is 11.8 Å². The second kappa shape index (κ2) is 2.84. The molecule has 2 rings (SSSR count). The minimum Gasteiger partial charge on any atom is -0.307 e. The predicted molar refractivity (Wildman–Crippen MR) is 46.6 cm³/mol. The van der Waals surface area contributed by atoms with Crippen LogP contribution in [-0.2, 0) is 0 Å². The molecule has 2 aliphatic rings. The average Bonchev–Trinajstić information content (AvgIpc) is 2.70. The summed E-state index contributed by atoms with van der Waals surface area (Å²) in [6, 6.07) is 0.723. The van der Waals surface area contributed by atoms with E-state index >= 15 is 0 Å². The van der Waals surface area contributed by atoms with Crippen LogP contribution in [0, 0.1) is 5.92 Å². The van der Waals surface area contributed by atoms with Gasteiger partial charge in [-0.1, -0.05) is 6.92 Å². The first-order valence-corrected chi connectivity index (χ1v) is 4.72. The van der Waals surface area contributed by atoms with Gasteiger partial charge in [0, 0.05) is 11.8 Å². The second-order valence-corrected chi connectivity index (χ2v) is 3.65. The normalized spacial score (nSPS) is 33.5. The summed E-state index contributed by atoms with van der Waals surface area (Å²) >= 11 is 0. The molecule has 0 bridgehead atoms. The zero-order valence-electron chi connectivity index (χ0n) is 7.14. The lowest BCUT2D eigenvalue weighted by Crippen LogP contribution is -2.28. The molecule has 0 radical (unpaired) electrons. The largest absolute Gasteiger partial charge is 0.307 e. The van der Waals surface area contributed by atoms with Crippen molar-refractivity contribution in [3.8, 4) is 0 Å². The van der Waals surface area contributed by atoms with E-state index in [0.29, 0.717) is 0 Å². The zero-order valence-corrected chi connectivity index (χ0v) is 7.14. The Kier molecular flexibility index (Phi) is 1.84. The van der Waals surface area contributed by atoms with E-state index in [-0.39, 0.29) is 0 Å². The summed E-state index contributed by atoms with van der Waals surface area (Å²) in [7, 11) is 0. The molecule has 0 aliphatic heterocycles. The highest BCUT2D eigenvalue weighted by molar-refractivity contribution is 5.91. The molecule has 2 fully saturated rings. The summed E-state index contributed by atoms with van der Waals surface area (Å²) in [5.41, 5.74) is 4.63. The first kappa shape index (κ1) is 7.14. The molecule has 0 heterocycles. The van der Waals surface area contributed by atoms with Crippen molar-refractivity contribution >= 4 is 5.71 Å². The molecule has 1 N–H and O–H groups in total. The molecule has 62 valence electrons. The van der Waals surface area contributed by atoms with Crippen LogP contribution < -0.4 is 5.43 Å². The maximum absolute atomic E-state index is 4.41. The smallest absolute Gasteiger partial charge is 0.0441 e. The van der Waals surface area contributed by atoms with Crippen LogP contribution in [0.5, 0.6) is 0 Å². The molecule has 0 amide bonds. The molecular weight excluding hydrogens is 136 g/mol. The average molecular weight is 152 g/mol. The maximum Gasteiger partial charge on any atom is 0.0441 e. The molecule has 0 spiro atoms. The summed E-state index contributed by atoms with van der Waals surface area (Å²) in [5, 5.41) is 4.41. The van der Waals surface area contributed by atoms with Crippen LogP contribution in [0.25, 0.3) is 0 Å². The molecule has 1 unspecified atom stereocenters. The Hall–Kier alpha value is -0.530. The number of hydrogen-bond acceptors (Lipinski definition) is 2. The molecule has 0 aromatic carbocycles. The summed E-state index contributed by atoms with van der Waals surface area (Å²) in [6.45, 7) is 2.25. The molecule has 11 heavy (non-hydrogen) atoms. The number of hydrazone groups is 1. The van der Waals surface area contributed by atoms with Crippen LogP contribution in [0.1, 0.15) is 39.0 Å². The lowest BCUT2D eigenvalue weighted by Gasteiger charge is -2.26. The van der Waals surface area contributed by atoms with Gasteiger partial charge in [-0.25, -0.2) is 0 Å². The van der Waals surface area contributed by atoms with Gasteiger partial charge < -0.3 is 5.43 Å². The number of nitrogens with one attached hydrogen (secondary N) is 1. The summed E-state index contributed by atoms with van der Waals surface area (Å²) in [6.07, 6.45) is 6.52. The van der Waals surface area contributed by atoms with Gasteiger partial charge in [0.25, 0.3) is 0 Å². The van der Waals surface area contributed by atoms with E-state index in [1.54, 1.807) is 0 Å². The van der Waals surface area contributed by atoms with Gasteiger partial charge in [0.05, 0.1) is 0 Å². The first-order chi connectivity index (χ1) is 5.40. The quantitative estimate of drug-likeness (QED) is 0.614. The Morgan fingerprint density at radius 2 is 2.27 bits per heavy atom. The predicted octanol–water partition coefficient (Wildman–Crippen LogP) is 1.91. The fourth-order valence-electron chi connectivity index (χ4n) is 1.45. The van der Waals surface area contributed by atoms with Crippen molar-refractivity contribution in [1.82, 2.24) is 5.43 Å². The summed E-state index contributed by atoms with van der Waals surface area (Å²) in [4.78, 5) is 0. The van der Waals surface area contributed by atoms with E-state index in [2.05, 4.69) is 17.5 Å². The second-order valence-electron chi connectivity index (χ2n) is 3.65. The van der Waals surface area contributed by atoms with Gasteiger partial charge in [-0.05, 0) is 38.0 Å². The van der Waals surface area contributed by atoms with Crippen molar-refractivity contribution in [1.29, 1.82) is 0 Å². The van der Waals surface area contributed by atoms with Crippen LogP contribution >= 0.6 is 0 Å². The van der Waals surface area contributed by atoms with E-state index in [0.717, 1.165) is 12.0 Å². The number of nitrogens with zero attached hydrogens (tertiary/aromatic N) is 1. The first-order valence-electron chi connectivity index (χ1n) is 4.72. The number of rotatable bonds is 3. The Labute approximate surface area is 68.1 Å². The Balaban J connectivity index is 1.78. The third-order valence-corrected chi connectivity index (χ3v) is 2.68. The third kappa shape index (κ3) is 1.55. The minimum atomic E-state index is 0.723. The van der Waals surface area contributed by atoms with E-state index in [1.165, 1.54) is 37.8 Å².